The number of carboxylic acids is 1. The predicted octanol–water partition coefficient (Wildman–Crippen LogP) is 1.73. The lowest BCUT2D eigenvalue weighted by atomic mass is 10.1. The summed E-state index contributed by atoms with van der Waals surface area (Å²) in [4.78, 5) is 24.9. The number of benzene rings is 1. The van der Waals surface area contributed by atoms with E-state index in [1.807, 2.05) is 11.0 Å². The van der Waals surface area contributed by atoms with Crippen LogP contribution in [0.2, 0.25) is 0 Å². The molecule has 1 aromatic carbocycles. The summed E-state index contributed by atoms with van der Waals surface area (Å²) in [6.45, 7) is 6.85. The predicted molar refractivity (Wildman–Crippen MR) is 97.0 cm³/mol. The van der Waals surface area contributed by atoms with Gasteiger partial charge in [-0.3, -0.25) is 9.69 Å². The molecule has 0 aliphatic carbocycles. The van der Waals surface area contributed by atoms with Crippen LogP contribution in [0.3, 0.4) is 0 Å². The molecule has 166 valence electrons. The molecule has 4 rings (SSSR count). The molecule has 0 saturated carbocycles. The Balaban J connectivity index is 0.000000318. The number of amides is 1. The molecule has 3 heterocycles. The Kier molecular flexibility index (Phi) is 6.71. The van der Waals surface area contributed by atoms with Gasteiger partial charge in [-0.2, -0.15) is 13.2 Å². The van der Waals surface area contributed by atoms with E-state index in [4.69, 9.17) is 24.1 Å². The van der Waals surface area contributed by atoms with Gasteiger partial charge in [0.05, 0.1) is 12.7 Å². The molecule has 3 aliphatic heterocycles. The smallest absolute Gasteiger partial charge is 0.475 e. The van der Waals surface area contributed by atoms with Gasteiger partial charge in [-0.05, 0) is 17.7 Å². The second-order valence-electron chi connectivity index (χ2n) is 7.32. The number of carboxylic acid groups (broad SMARTS) is 1. The number of rotatable bonds is 2. The third kappa shape index (κ3) is 5.54. The van der Waals surface area contributed by atoms with Crippen molar-refractivity contribution in [2.45, 2.75) is 25.7 Å². The van der Waals surface area contributed by atoms with E-state index in [-0.39, 0.29) is 12.0 Å². The molecule has 1 amide bonds. The summed E-state index contributed by atoms with van der Waals surface area (Å²) in [5.41, 5.74) is 1.22. The van der Waals surface area contributed by atoms with E-state index in [9.17, 15) is 18.0 Å². The lowest BCUT2D eigenvalue weighted by Crippen LogP contribution is -2.35. The first-order valence-electron chi connectivity index (χ1n) is 9.41. The topological polar surface area (TPSA) is 88.5 Å². The highest BCUT2D eigenvalue weighted by Gasteiger charge is 2.38. The van der Waals surface area contributed by atoms with Crippen LogP contribution in [-0.4, -0.2) is 78.6 Å². The maximum atomic E-state index is 11.7. The van der Waals surface area contributed by atoms with Crippen molar-refractivity contribution in [3.8, 4) is 11.5 Å². The Bertz CT molecular complexity index is 788. The summed E-state index contributed by atoms with van der Waals surface area (Å²) in [5, 5.41) is 7.12. The number of ether oxygens (including phenoxy) is 3. The largest absolute Gasteiger partial charge is 0.490 e. The van der Waals surface area contributed by atoms with Crippen molar-refractivity contribution in [2.75, 3.05) is 39.6 Å². The van der Waals surface area contributed by atoms with Gasteiger partial charge >= 0.3 is 12.1 Å². The zero-order chi connectivity index (χ0) is 21.9. The first kappa shape index (κ1) is 22.2. The molecule has 2 atom stereocenters. The van der Waals surface area contributed by atoms with Crippen LogP contribution in [0, 0.1) is 5.92 Å². The molecule has 1 aromatic rings. The van der Waals surface area contributed by atoms with Crippen molar-refractivity contribution in [1.29, 1.82) is 0 Å². The van der Waals surface area contributed by atoms with E-state index < -0.39 is 12.1 Å². The van der Waals surface area contributed by atoms with Gasteiger partial charge in [-0.25, -0.2) is 4.79 Å². The monoisotopic (exact) mass is 432 g/mol. The van der Waals surface area contributed by atoms with E-state index >= 15 is 0 Å². The Morgan fingerprint density at radius 1 is 1.17 bits per heavy atom. The normalized spacial score (nSPS) is 23.3. The number of alkyl halides is 3. The van der Waals surface area contributed by atoms with E-state index in [0.29, 0.717) is 25.9 Å². The average Bonchev–Trinajstić information content (AvgIpc) is 3.22. The molecule has 1 N–H and O–H groups in total. The fourth-order valence-electron chi connectivity index (χ4n) is 3.69. The Morgan fingerprint density at radius 3 is 2.53 bits per heavy atom. The standard InChI is InChI=1S/C17H22N2O4.C2HF3O2/c1-12(20)19-4-5-21-17-10-18(8-14(17)9-19)7-13-2-3-15-16(6-13)23-11-22-15;3-2(4,5)1(6)7/h2-3,6,14,17H,4-5,7-11H2,1H3;(H,6,7)/t14-,17-;/m1./s1. The summed E-state index contributed by atoms with van der Waals surface area (Å²) in [5.74, 6) is -0.568. The van der Waals surface area contributed by atoms with Crippen molar-refractivity contribution >= 4 is 11.9 Å². The lowest BCUT2D eigenvalue weighted by Gasteiger charge is -2.22. The van der Waals surface area contributed by atoms with Gasteiger partial charge in [-0.1, -0.05) is 6.07 Å². The highest BCUT2D eigenvalue weighted by atomic mass is 19.4. The number of hydrogen-bond donors (Lipinski definition) is 1. The summed E-state index contributed by atoms with van der Waals surface area (Å²) >= 11 is 0. The van der Waals surface area contributed by atoms with Gasteiger partial charge in [0.15, 0.2) is 11.5 Å². The van der Waals surface area contributed by atoms with E-state index in [2.05, 4.69) is 17.0 Å². The first-order valence-corrected chi connectivity index (χ1v) is 9.41. The van der Waals surface area contributed by atoms with Gasteiger partial charge in [0.25, 0.3) is 0 Å². The second kappa shape index (κ2) is 9.09. The number of halogens is 3. The molecule has 0 bridgehead atoms. The first-order chi connectivity index (χ1) is 14.1. The second-order valence-corrected chi connectivity index (χ2v) is 7.32. The maximum absolute atomic E-state index is 11.7. The average molecular weight is 432 g/mol. The highest BCUT2D eigenvalue weighted by Crippen LogP contribution is 2.33. The highest BCUT2D eigenvalue weighted by molar-refractivity contribution is 5.73. The SMILES string of the molecule is CC(=O)N1CCO[C@@H]2CN(Cc3ccc4c(c3)OCO4)C[C@@H]2C1.O=C(O)C(F)(F)F. The van der Waals surface area contributed by atoms with Crippen LogP contribution in [0.4, 0.5) is 13.2 Å². The summed E-state index contributed by atoms with van der Waals surface area (Å²) < 4.78 is 48.5. The molecule has 0 aromatic heterocycles. The number of aliphatic carboxylic acids is 1. The number of fused-ring (bicyclic) bond motifs is 2. The van der Waals surface area contributed by atoms with Crippen LogP contribution in [0.1, 0.15) is 12.5 Å². The van der Waals surface area contributed by atoms with Crippen molar-refractivity contribution in [3.05, 3.63) is 23.8 Å². The minimum Gasteiger partial charge on any atom is -0.475 e. The van der Waals surface area contributed by atoms with Gasteiger partial charge < -0.3 is 24.2 Å². The molecular formula is C19H23F3N2O6. The summed E-state index contributed by atoms with van der Waals surface area (Å²) in [6.07, 6.45) is -4.85. The molecule has 2 fully saturated rings. The van der Waals surface area contributed by atoms with Crippen molar-refractivity contribution < 1.29 is 42.1 Å². The fraction of sp³-hybridized carbons (Fsp3) is 0.579. The molecule has 0 spiro atoms. The van der Waals surface area contributed by atoms with E-state index in [1.165, 1.54) is 5.56 Å². The lowest BCUT2D eigenvalue weighted by molar-refractivity contribution is -0.192. The van der Waals surface area contributed by atoms with E-state index in [0.717, 1.165) is 37.7 Å². The molecule has 2 saturated heterocycles. The van der Waals surface area contributed by atoms with Crippen LogP contribution < -0.4 is 9.47 Å². The molecule has 30 heavy (non-hydrogen) atoms. The Morgan fingerprint density at radius 2 is 1.87 bits per heavy atom. The number of carbonyl (C=O) groups is 2. The summed E-state index contributed by atoms with van der Waals surface area (Å²) in [6, 6.07) is 6.11. The maximum Gasteiger partial charge on any atom is 0.490 e. The number of carbonyl (C=O) groups excluding carboxylic acids is 1. The zero-order valence-electron chi connectivity index (χ0n) is 16.4. The number of hydrogen-bond acceptors (Lipinski definition) is 6. The summed E-state index contributed by atoms with van der Waals surface area (Å²) in [7, 11) is 0. The molecule has 0 unspecified atom stereocenters. The third-order valence-corrected chi connectivity index (χ3v) is 5.14. The molecule has 11 heteroatoms. The Labute approximate surface area is 171 Å². The van der Waals surface area contributed by atoms with Crippen LogP contribution in [0.15, 0.2) is 18.2 Å². The van der Waals surface area contributed by atoms with Crippen molar-refractivity contribution in [1.82, 2.24) is 9.80 Å². The minimum absolute atomic E-state index is 0.142. The van der Waals surface area contributed by atoms with Gasteiger partial charge in [-0.15, -0.1) is 0 Å². The zero-order valence-corrected chi connectivity index (χ0v) is 16.4. The van der Waals surface area contributed by atoms with Crippen LogP contribution in [0.5, 0.6) is 11.5 Å². The quantitative estimate of drug-likeness (QED) is 0.762. The Hall–Kier alpha value is -2.53. The van der Waals surface area contributed by atoms with Gasteiger partial charge in [0.1, 0.15) is 0 Å². The molecule has 3 aliphatic rings. The van der Waals surface area contributed by atoms with Gasteiger partial charge in [0, 0.05) is 45.6 Å². The fourth-order valence-corrected chi connectivity index (χ4v) is 3.69. The van der Waals surface area contributed by atoms with Crippen molar-refractivity contribution in [3.63, 3.8) is 0 Å². The minimum atomic E-state index is -5.08. The molecular weight excluding hydrogens is 409 g/mol. The molecule has 8 nitrogen and oxygen atoms in total. The van der Waals surface area contributed by atoms with E-state index in [1.54, 1.807) is 6.92 Å². The van der Waals surface area contributed by atoms with Crippen LogP contribution in [0.25, 0.3) is 0 Å². The van der Waals surface area contributed by atoms with Crippen LogP contribution in [-0.2, 0) is 20.9 Å². The van der Waals surface area contributed by atoms with Crippen molar-refractivity contribution in [2.24, 2.45) is 5.92 Å². The molecule has 0 radical (unpaired) electrons. The number of likely N-dealkylation sites (tertiary alicyclic amines) is 1. The number of nitrogens with zero attached hydrogens (tertiary/aromatic N) is 2. The van der Waals surface area contributed by atoms with Crippen LogP contribution >= 0.6 is 0 Å². The van der Waals surface area contributed by atoms with Gasteiger partial charge in [0.2, 0.25) is 12.7 Å². The third-order valence-electron chi connectivity index (χ3n) is 5.14.